The Bertz CT molecular complexity index is 942. The maximum Gasteiger partial charge on any atom is 0.201 e. The fourth-order valence-electron chi connectivity index (χ4n) is 2.89. The zero-order valence-electron chi connectivity index (χ0n) is 15.8. The first kappa shape index (κ1) is 21.7. The van der Waals surface area contributed by atoms with Gasteiger partial charge in [-0.25, -0.2) is 4.98 Å². The number of aromatic amines is 1. The van der Waals surface area contributed by atoms with Crippen LogP contribution in [0.3, 0.4) is 0 Å². The molecule has 1 heterocycles. The zero-order valence-corrected chi connectivity index (χ0v) is 17.5. The molecule has 2 aromatic carbocycles. The monoisotopic (exact) mass is 449 g/mol. The number of aromatic nitrogens is 2. The zero-order chi connectivity index (χ0) is 19.2. The number of para-hydroxylation sites is 1. The van der Waals surface area contributed by atoms with Crippen LogP contribution in [0, 0.1) is 0 Å². The van der Waals surface area contributed by atoms with E-state index in [2.05, 4.69) is 15.3 Å². The molecule has 0 aliphatic rings. The van der Waals surface area contributed by atoms with Gasteiger partial charge in [-0.15, -0.1) is 17.0 Å². The van der Waals surface area contributed by atoms with Crippen molar-refractivity contribution in [2.75, 3.05) is 32.7 Å². The first-order valence-corrected chi connectivity index (χ1v) is 8.74. The molecule has 0 bridgehead atoms. The number of hydrogen-bond acceptors (Lipinski definition) is 6. The van der Waals surface area contributed by atoms with Gasteiger partial charge in [0.2, 0.25) is 5.95 Å². The number of nitrogens with zero attached hydrogens (tertiary/aromatic N) is 1. The fraction of sp³-hybridized carbons (Fsp3) is 0.300. The molecule has 1 aromatic heterocycles. The highest BCUT2D eigenvalue weighted by Gasteiger charge is 2.14. The average Bonchev–Trinajstić information content (AvgIpc) is 3.11. The predicted molar refractivity (Wildman–Crippen MR) is 114 cm³/mol. The number of ketones is 1. The highest BCUT2D eigenvalue weighted by molar-refractivity contribution is 8.93. The number of halogens is 1. The molecule has 3 rings (SSSR count). The smallest absolute Gasteiger partial charge is 0.201 e. The summed E-state index contributed by atoms with van der Waals surface area (Å²) in [6.45, 7) is 0.745. The average molecular weight is 450 g/mol. The van der Waals surface area contributed by atoms with Crippen molar-refractivity contribution >= 4 is 39.7 Å². The van der Waals surface area contributed by atoms with Gasteiger partial charge < -0.3 is 24.9 Å². The largest absolute Gasteiger partial charge is 0.493 e. The molecule has 0 saturated carbocycles. The first-order valence-electron chi connectivity index (χ1n) is 8.74. The van der Waals surface area contributed by atoms with Crippen molar-refractivity contribution in [3.63, 3.8) is 0 Å². The number of fused-ring (bicyclic) bond motifs is 1. The van der Waals surface area contributed by atoms with Crippen LogP contribution >= 0.6 is 17.0 Å². The number of rotatable bonds is 9. The van der Waals surface area contributed by atoms with Crippen LogP contribution in [0.1, 0.15) is 22.3 Å². The lowest BCUT2D eigenvalue weighted by molar-refractivity contribution is 0.0993. The van der Waals surface area contributed by atoms with Crippen LogP contribution in [-0.2, 0) is 6.42 Å². The molecule has 8 heteroatoms. The Balaban J connectivity index is 0.00000280. The van der Waals surface area contributed by atoms with Crippen LogP contribution in [0.15, 0.2) is 36.4 Å². The van der Waals surface area contributed by atoms with Gasteiger partial charge >= 0.3 is 0 Å². The minimum absolute atomic E-state index is 0. The second kappa shape index (κ2) is 10.1. The minimum atomic E-state index is -0.0266. The maximum atomic E-state index is 12.8. The Kier molecular flexibility index (Phi) is 7.83. The Morgan fingerprint density at radius 3 is 2.68 bits per heavy atom. The summed E-state index contributed by atoms with van der Waals surface area (Å²) in [6.07, 6.45) is 0.870. The van der Waals surface area contributed by atoms with Crippen molar-refractivity contribution in [3.05, 3.63) is 47.5 Å². The van der Waals surface area contributed by atoms with Crippen LogP contribution in [0.25, 0.3) is 11.0 Å². The molecule has 3 aromatic rings. The van der Waals surface area contributed by atoms with Crippen molar-refractivity contribution in [3.8, 4) is 11.5 Å². The van der Waals surface area contributed by atoms with E-state index < -0.39 is 0 Å². The fourth-order valence-corrected chi connectivity index (χ4v) is 2.89. The highest BCUT2D eigenvalue weighted by Crippen LogP contribution is 2.28. The molecule has 7 nitrogen and oxygen atoms in total. The van der Waals surface area contributed by atoms with E-state index in [1.54, 1.807) is 32.4 Å². The van der Waals surface area contributed by atoms with E-state index in [1.165, 1.54) is 0 Å². The van der Waals surface area contributed by atoms with Crippen LogP contribution in [0.5, 0.6) is 11.5 Å². The third-order valence-electron chi connectivity index (χ3n) is 4.28. The van der Waals surface area contributed by atoms with Crippen molar-refractivity contribution < 1.29 is 19.4 Å². The Hall–Kier alpha value is -2.58. The molecule has 0 radical (unpaired) electrons. The van der Waals surface area contributed by atoms with Gasteiger partial charge in [0.15, 0.2) is 17.3 Å². The standard InChI is InChI=1S/C20H23N3O4.BrH/c1-26-17-8-7-13(12-18(17)27-2)16(25)11-14-5-3-6-15-19(14)23-20(22-15)21-9-4-10-24;/h3,5-8,12,24H,4,9-11H2,1-2H3,(H2,21,22,23);1H. The number of carbonyl (C=O) groups is 1. The van der Waals surface area contributed by atoms with Crippen LogP contribution in [-0.4, -0.2) is 48.2 Å². The Labute approximate surface area is 173 Å². The van der Waals surface area contributed by atoms with Crippen LogP contribution in [0.4, 0.5) is 5.95 Å². The number of methoxy groups -OCH3 is 2. The maximum absolute atomic E-state index is 12.8. The van der Waals surface area contributed by atoms with E-state index in [0.29, 0.717) is 36.0 Å². The summed E-state index contributed by atoms with van der Waals surface area (Å²) in [7, 11) is 3.10. The molecule has 0 saturated heterocycles. The summed E-state index contributed by atoms with van der Waals surface area (Å²) in [5.41, 5.74) is 3.03. The van der Waals surface area contributed by atoms with Gasteiger partial charge in [-0.05, 0) is 36.2 Å². The molecular formula is C20H24BrN3O4. The van der Waals surface area contributed by atoms with Gasteiger partial charge in [0.05, 0.1) is 25.3 Å². The van der Waals surface area contributed by atoms with Crippen molar-refractivity contribution in [1.29, 1.82) is 0 Å². The van der Waals surface area contributed by atoms with Gasteiger partial charge in [0.1, 0.15) is 0 Å². The molecule has 0 amide bonds. The number of H-pyrrole nitrogens is 1. The molecule has 0 unspecified atom stereocenters. The molecule has 0 fully saturated rings. The number of hydrogen-bond donors (Lipinski definition) is 3. The van der Waals surface area contributed by atoms with Gasteiger partial charge in [-0.1, -0.05) is 12.1 Å². The number of nitrogens with one attached hydrogen (secondary N) is 2. The molecule has 150 valence electrons. The summed E-state index contributed by atoms with van der Waals surface area (Å²) in [4.78, 5) is 20.5. The third kappa shape index (κ3) is 4.82. The van der Waals surface area contributed by atoms with Crippen LogP contribution < -0.4 is 14.8 Å². The van der Waals surface area contributed by atoms with E-state index >= 15 is 0 Å². The minimum Gasteiger partial charge on any atom is -0.493 e. The van der Waals surface area contributed by atoms with Gasteiger partial charge in [0, 0.05) is 25.1 Å². The van der Waals surface area contributed by atoms with Crippen LogP contribution in [0.2, 0.25) is 0 Å². The van der Waals surface area contributed by atoms with Crippen molar-refractivity contribution in [2.24, 2.45) is 0 Å². The topological polar surface area (TPSA) is 96.5 Å². The lowest BCUT2D eigenvalue weighted by Crippen LogP contribution is -2.05. The summed E-state index contributed by atoms with van der Waals surface area (Å²) in [6, 6.07) is 10.9. The number of aliphatic hydroxyl groups is 1. The van der Waals surface area contributed by atoms with E-state index in [1.807, 2.05) is 18.2 Å². The summed E-state index contributed by atoms with van der Waals surface area (Å²) < 4.78 is 10.5. The van der Waals surface area contributed by atoms with E-state index in [-0.39, 0.29) is 35.8 Å². The second-order valence-corrected chi connectivity index (χ2v) is 6.07. The number of anilines is 1. The Morgan fingerprint density at radius 2 is 1.96 bits per heavy atom. The third-order valence-corrected chi connectivity index (χ3v) is 4.28. The normalized spacial score (nSPS) is 10.4. The van der Waals surface area contributed by atoms with E-state index in [4.69, 9.17) is 14.6 Å². The number of aliphatic hydroxyl groups excluding tert-OH is 1. The number of ether oxygens (including phenoxy) is 2. The molecule has 0 aliphatic carbocycles. The van der Waals surface area contributed by atoms with E-state index in [0.717, 1.165) is 16.6 Å². The Morgan fingerprint density at radius 1 is 1.18 bits per heavy atom. The second-order valence-electron chi connectivity index (χ2n) is 6.07. The summed E-state index contributed by atoms with van der Waals surface area (Å²) >= 11 is 0. The lowest BCUT2D eigenvalue weighted by atomic mass is 10.0. The molecule has 28 heavy (non-hydrogen) atoms. The lowest BCUT2D eigenvalue weighted by Gasteiger charge is -2.09. The molecule has 0 aliphatic heterocycles. The number of imidazole rings is 1. The molecular weight excluding hydrogens is 426 g/mol. The van der Waals surface area contributed by atoms with Crippen molar-refractivity contribution in [2.45, 2.75) is 12.8 Å². The summed E-state index contributed by atoms with van der Waals surface area (Å²) in [5, 5.41) is 12.0. The number of carbonyl (C=O) groups excluding carboxylic acids is 1. The quantitative estimate of drug-likeness (QED) is 0.342. The molecule has 0 atom stereocenters. The number of benzene rings is 2. The summed E-state index contributed by atoms with van der Waals surface area (Å²) in [5.74, 6) is 1.71. The number of Topliss-reactive ketones (excluding diaryl/α,β-unsaturated/α-hetero) is 1. The van der Waals surface area contributed by atoms with Gasteiger partial charge in [-0.2, -0.15) is 0 Å². The molecule has 3 N–H and O–H groups in total. The SMILES string of the molecule is Br.COc1ccc(C(=O)Cc2cccc3[nH]c(NCCCO)nc23)cc1OC. The van der Waals surface area contributed by atoms with Gasteiger partial charge in [-0.3, -0.25) is 4.79 Å². The highest BCUT2D eigenvalue weighted by atomic mass is 79.9. The van der Waals surface area contributed by atoms with E-state index in [9.17, 15) is 4.79 Å². The van der Waals surface area contributed by atoms with Gasteiger partial charge in [0.25, 0.3) is 0 Å². The first-order chi connectivity index (χ1) is 13.2. The predicted octanol–water partition coefficient (Wildman–Crippen LogP) is 3.38. The van der Waals surface area contributed by atoms with Crippen molar-refractivity contribution in [1.82, 2.24) is 9.97 Å². The molecule has 0 spiro atoms.